The molecule has 15 N–H and O–H groups in total. The molecule has 0 radical (unpaired) electrons. The monoisotopic (exact) mass is 1390 g/mol. The molecule has 2 unspecified atom stereocenters. The minimum Gasteiger partial charge on any atom is -0.756 e. The van der Waals surface area contributed by atoms with Crippen LogP contribution in [0.15, 0.2) is 58.2 Å². The minimum atomic E-state index is -6.21. The Morgan fingerprint density at radius 1 is 0.426 bits per heavy atom. The third-order valence-electron chi connectivity index (χ3n) is 16.4. The normalized spacial score (nSPS) is 38.5. The molecule has 0 aromatic carbocycles. The summed E-state index contributed by atoms with van der Waals surface area (Å²) in [5.74, 6) is -1.97. The Hall–Kier alpha value is -2.98. The fraction of sp³-hybridized carbons (Fsp3) is 0.797. The quantitative estimate of drug-likeness (QED) is 0.0234. The van der Waals surface area contributed by atoms with Gasteiger partial charge in [0, 0.05) is 13.8 Å². The van der Waals surface area contributed by atoms with Crippen molar-refractivity contribution in [2.24, 2.45) is 0 Å². The number of aliphatic hydroxyl groups is 13. The summed E-state index contributed by atoms with van der Waals surface area (Å²) in [6, 6.07) is -4.06. The Kier molecular flexibility index (Phi) is 33.0. The van der Waals surface area contributed by atoms with Crippen molar-refractivity contribution < 1.29 is 151 Å². The van der Waals surface area contributed by atoms with E-state index in [0.29, 0.717) is 18.4 Å². The van der Waals surface area contributed by atoms with E-state index >= 15 is 0 Å². The zero-order chi connectivity index (χ0) is 70.1. The first-order valence-corrected chi connectivity index (χ1v) is 34.0. The van der Waals surface area contributed by atoms with Gasteiger partial charge in [0.1, 0.15) is 116 Å². The van der Waals surface area contributed by atoms with Crippen molar-refractivity contribution in [2.75, 3.05) is 33.0 Å². The summed E-state index contributed by atoms with van der Waals surface area (Å²) in [6.45, 7) is 10.3. The number of amides is 2. The van der Waals surface area contributed by atoms with Crippen LogP contribution in [0.1, 0.15) is 114 Å². The summed E-state index contributed by atoms with van der Waals surface area (Å²) in [4.78, 5) is 52.6. The van der Waals surface area contributed by atoms with E-state index in [9.17, 15) is 94.9 Å². The maximum Gasteiger partial charge on any atom is 0.276 e. The van der Waals surface area contributed by atoms with Crippen LogP contribution in [0.3, 0.4) is 0 Å². The van der Waals surface area contributed by atoms with Gasteiger partial charge in [0.25, 0.3) is 15.6 Å². The lowest BCUT2D eigenvalue weighted by Crippen LogP contribution is -2.71. The number of carbonyl (C=O) groups is 2. The average Bonchev–Trinajstić information content (AvgIpc) is 0.766. The number of aliphatic hydroxyl groups excluding tert-OH is 13. The highest BCUT2D eigenvalue weighted by atomic mass is 31.3. The van der Waals surface area contributed by atoms with Gasteiger partial charge in [-0.15, -0.1) is 0 Å². The van der Waals surface area contributed by atoms with Crippen molar-refractivity contribution in [1.82, 2.24) is 10.6 Å². The fourth-order valence-corrected chi connectivity index (χ4v) is 13.0. The predicted molar refractivity (Wildman–Crippen MR) is 321 cm³/mol. The third-order valence-corrected chi connectivity index (χ3v) is 18.9. The van der Waals surface area contributed by atoms with Gasteiger partial charge < -0.3 is 134 Å². The lowest BCUT2D eigenvalue weighted by molar-refractivity contribution is -0.402. The van der Waals surface area contributed by atoms with E-state index in [1.807, 2.05) is 6.92 Å². The molecule has 0 spiro atoms. The van der Waals surface area contributed by atoms with Gasteiger partial charge in [-0.3, -0.25) is 23.2 Å². The number of hydrogen-bond donors (Lipinski definition) is 15. The number of carbonyl (C=O) groups excluding carboxylic acids is 2. The van der Waals surface area contributed by atoms with Crippen LogP contribution in [0.5, 0.6) is 0 Å². The van der Waals surface area contributed by atoms with Crippen LogP contribution >= 0.6 is 15.6 Å². The van der Waals surface area contributed by atoms with Crippen molar-refractivity contribution >= 4 is 27.5 Å². The van der Waals surface area contributed by atoms with Crippen molar-refractivity contribution in [3.8, 4) is 0 Å². The average molecular weight is 1390 g/mol. The number of ether oxygens (including phenoxy) is 9. The topological polar surface area (TPSA) is 512 Å². The molecular formula is C59H98N2O31P2-2. The molecule has 0 saturated carbocycles. The first-order valence-electron chi connectivity index (χ1n) is 31.1. The van der Waals surface area contributed by atoms with Gasteiger partial charge in [0.05, 0.1) is 39.1 Å². The summed E-state index contributed by atoms with van der Waals surface area (Å²) in [5.41, 5.74) is 5.84. The number of allylic oxidation sites excluding steroid dienone is 9. The first-order chi connectivity index (χ1) is 44.2. The number of phosphoric acid groups is 2. The summed E-state index contributed by atoms with van der Waals surface area (Å²) >= 11 is 0. The first kappa shape index (κ1) is 81.7. The standard InChI is InChI=1S/C59H100N2O31P2/c1-28(2)14-10-15-29(3)16-11-17-30(4)18-12-19-31(5)20-13-21-32(6)22-23-81-93(77,78)92-94(79,80)91-56-41(61-35(9)67)52(45(71)38(26-64)84-56)87-55-40(60-34(8)66)51(44(70)37(25-63)83-55)88-59-54(90-57-49(75)47(73)42(68)33(7)82-57)53(46(72)39(27-65)86-59)89-58-50(76)48(74)43(69)36(24-62)85-58/h14,16,18,20,22,33,36-59,62-65,68-76H,10-13,15,17,19,21,23-27H2,1-9H3,(H,60,66)(H,61,67)(H,77,78)(H,79,80)/p-2/b29-16-,30-18-,31-20-,32-22-/t33-,36+,37+,38+,39+,40+,41+,42+,43-,44-,45-,46-,47+,48-,49-,50+,51+,52+,53-,54+,55+,56+,57-,58+,59-/m0/s1. The maximum absolute atomic E-state index is 13.5. The molecule has 542 valence electrons. The lowest BCUT2D eigenvalue weighted by Gasteiger charge is -2.52. The van der Waals surface area contributed by atoms with Gasteiger partial charge >= 0.3 is 0 Å². The van der Waals surface area contributed by atoms with Crippen molar-refractivity contribution in [3.63, 3.8) is 0 Å². The number of nitrogens with one attached hydrogen (secondary N) is 2. The molecule has 5 saturated heterocycles. The molecule has 5 fully saturated rings. The molecule has 2 amide bonds. The third kappa shape index (κ3) is 23.6. The predicted octanol–water partition coefficient (Wildman–Crippen LogP) is -2.74. The van der Waals surface area contributed by atoms with Crippen molar-refractivity contribution in [1.29, 1.82) is 0 Å². The van der Waals surface area contributed by atoms with Crippen molar-refractivity contribution in [3.05, 3.63) is 58.2 Å². The Morgan fingerprint density at radius 3 is 1.26 bits per heavy atom. The van der Waals surface area contributed by atoms with E-state index in [1.165, 1.54) is 29.7 Å². The van der Waals surface area contributed by atoms with E-state index in [0.717, 1.165) is 57.9 Å². The molecule has 0 bridgehead atoms. The molecule has 5 rings (SSSR count). The Bertz CT molecular complexity index is 2650. The van der Waals surface area contributed by atoms with Gasteiger partial charge in [-0.1, -0.05) is 58.2 Å². The zero-order valence-corrected chi connectivity index (χ0v) is 55.9. The van der Waals surface area contributed by atoms with Crippen LogP contribution in [-0.4, -0.2) is 265 Å². The second-order valence-corrected chi connectivity index (χ2v) is 27.3. The highest BCUT2D eigenvalue weighted by molar-refractivity contribution is 7.59. The van der Waals surface area contributed by atoms with E-state index < -0.39 is 214 Å². The molecule has 0 aromatic heterocycles. The SMILES string of the molecule is CC(=O)N[C@H]1[C@@H](OP(=O)([O-])OP(=O)([O-])OC/C=C(/C)CC/C=C(/C)CC/C=C(/C)CC/C=C(/C)CCC=C(C)C)O[C@H](CO)[C@H](O)[C@@H]1O[C@H]1O[C@H](CO)[C@H](O)[C@H](O[C@@H]2O[C@H](CO)[C@H](O)[C@H](O[C@H]3O[C@H](CO)[C@H](O)[C@H](O)[C@H]3O)[C@H]2O[C@@H]2O[C@@H](C)[C@@H](O)[C@@H](O)[C@@H]2O)[C@H]1NC(C)=O. The highest BCUT2D eigenvalue weighted by Crippen LogP contribution is 2.57. The molecule has 5 heterocycles. The fourth-order valence-electron chi connectivity index (χ4n) is 11.0. The smallest absolute Gasteiger partial charge is 0.276 e. The van der Waals surface area contributed by atoms with E-state index in [4.69, 9.17) is 51.7 Å². The maximum atomic E-state index is 13.5. The second kappa shape index (κ2) is 38.0. The van der Waals surface area contributed by atoms with Gasteiger partial charge in [0.2, 0.25) is 11.8 Å². The molecule has 27 atom stereocenters. The van der Waals surface area contributed by atoms with Crippen LogP contribution in [0.2, 0.25) is 0 Å². The van der Waals surface area contributed by atoms with Crippen LogP contribution in [-0.2, 0) is 74.7 Å². The summed E-state index contributed by atoms with van der Waals surface area (Å²) < 4.78 is 93.8. The van der Waals surface area contributed by atoms with Gasteiger partial charge in [0.15, 0.2) is 31.5 Å². The largest absolute Gasteiger partial charge is 0.756 e. The molecule has 33 nitrogen and oxygen atoms in total. The molecular weight excluding hydrogens is 1290 g/mol. The Balaban J connectivity index is 1.35. The number of rotatable bonds is 33. The van der Waals surface area contributed by atoms with E-state index in [-0.39, 0.29) is 0 Å². The summed E-state index contributed by atoms with van der Waals surface area (Å²) in [7, 11) is -12.0. The van der Waals surface area contributed by atoms with E-state index in [1.54, 1.807) is 6.92 Å². The molecule has 5 aliphatic heterocycles. The molecule has 35 heteroatoms. The second-order valence-electron chi connectivity index (χ2n) is 24.4. The van der Waals surface area contributed by atoms with Crippen molar-refractivity contribution in [2.45, 2.75) is 267 Å². The summed E-state index contributed by atoms with van der Waals surface area (Å²) in [5, 5.41) is 146. The minimum absolute atomic E-state index is 0.493. The van der Waals surface area contributed by atoms with Crippen LogP contribution in [0.4, 0.5) is 0 Å². The molecule has 5 aliphatic rings. The van der Waals surface area contributed by atoms with Gasteiger partial charge in [-0.05, 0) is 99.8 Å². The van der Waals surface area contributed by atoms with Gasteiger partial charge in [-0.25, -0.2) is 4.31 Å². The van der Waals surface area contributed by atoms with E-state index in [2.05, 4.69) is 66.9 Å². The summed E-state index contributed by atoms with van der Waals surface area (Å²) in [6.07, 6.45) is -29.3. The highest BCUT2D eigenvalue weighted by Gasteiger charge is 2.58. The van der Waals surface area contributed by atoms with Crippen LogP contribution < -0.4 is 20.4 Å². The Labute approximate surface area is 545 Å². The molecule has 0 aromatic rings. The molecule has 0 aliphatic carbocycles. The van der Waals surface area contributed by atoms with Crippen LogP contribution in [0.25, 0.3) is 0 Å². The Morgan fingerprint density at radius 2 is 0.787 bits per heavy atom. The van der Waals surface area contributed by atoms with Gasteiger partial charge in [-0.2, -0.15) is 0 Å². The lowest BCUT2D eigenvalue weighted by atomic mass is 9.93. The zero-order valence-electron chi connectivity index (χ0n) is 54.1. The van der Waals surface area contributed by atoms with Crippen LogP contribution in [0, 0.1) is 0 Å². The molecule has 94 heavy (non-hydrogen) atoms. The number of phosphoric ester groups is 2. The number of hydrogen-bond acceptors (Lipinski definition) is 31.